The zero-order chi connectivity index (χ0) is 29.7. The minimum Gasteiger partial charge on any atom is -0.478 e. The number of unbranched alkanes of at least 4 members (excludes halogenated alkanes) is 1. The molecule has 0 bridgehead atoms. The van der Waals surface area contributed by atoms with Gasteiger partial charge in [0.25, 0.3) is 5.56 Å². The van der Waals surface area contributed by atoms with E-state index < -0.39 is 42.2 Å². The topological polar surface area (TPSA) is 140 Å². The summed E-state index contributed by atoms with van der Waals surface area (Å²) in [5, 5.41) is 12.3. The number of Topliss-reactive ketones (excluding diaryl/α,β-unsaturated/α-hetero) is 2. The second-order valence-corrected chi connectivity index (χ2v) is 9.59. The third kappa shape index (κ3) is 8.28. The Morgan fingerprint density at radius 2 is 1.62 bits per heavy atom. The van der Waals surface area contributed by atoms with E-state index in [-0.39, 0.29) is 24.2 Å². The zero-order valence-electron chi connectivity index (χ0n) is 23.0. The van der Waals surface area contributed by atoms with Crippen molar-refractivity contribution in [3.8, 4) is 17.3 Å². The highest BCUT2D eigenvalue weighted by Gasteiger charge is 2.27. The number of carbonyl (C=O) groups excluding carboxylic acids is 3. The van der Waals surface area contributed by atoms with Crippen molar-refractivity contribution in [3.05, 3.63) is 113 Å². The molecule has 2 heterocycles. The summed E-state index contributed by atoms with van der Waals surface area (Å²) < 4.78 is 6.70. The molecule has 216 valence electrons. The number of rotatable bonds is 15. The van der Waals surface area contributed by atoms with E-state index >= 15 is 0 Å². The number of pyridine rings is 1. The molecule has 0 fully saturated rings. The molecule has 0 aliphatic rings. The van der Waals surface area contributed by atoms with Crippen LogP contribution in [0.5, 0.6) is 5.88 Å². The number of hydrogen-bond acceptors (Lipinski definition) is 8. The Hall–Kier alpha value is -4.96. The van der Waals surface area contributed by atoms with Crippen LogP contribution in [-0.4, -0.2) is 49.8 Å². The molecule has 42 heavy (non-hydrogen) atoms. The Labute approximate surface area is 243 Å². The molecule has 2 aromatic heterocycles. The molecular weight excluding hydrogens is 536 g/mol. The van der Waals surface area contributed by atoms with Crippen molar-refractivity contribution in [3.63, 3.8) is 0 Å². The van der Waals surface area contributed by atoms with Crippen molar-refractivity contribution in [2.24, 2.45) is 0 Å². The van der Waals surface area contributed by atoms with E-state index in [0.29, 0.717) is 30.9 Å². The fourth-order valence-corrected chi connectivity index (χ4v) is 4.36. The Morgan fingerprint density at radius 1 is 0.905 bits per heavy atom. The zero-order valence-corrected chi connectivity index (χ0v) is 23.0. The van der Waals surface area contributed by atoms with Gasteiger partial charge in [-0.1, -0.05) is 66.7 Å². The predicted octanol–water partition coefficient (Wildman–Crippen LogP) is 2.91. The lowest BCUT2D eigenvalue weighted by Gasteiger charge is -2.19. The molecule has 0 aliphatic heterocycles. The van der Waals surface area contributed by atoms with Crippen molar-refractivity contribution in [2.45, 2.75) is 44.9 Å². The Balaban J connectivity index is 1.45. The number of aliphatic hydroxyl groups excluding tert-OH is 1. The number of amides is 1. The lowest BCUT2D eigenvalue weighted by atomic mass is 9.97. The average Bonchev–Trinajstić information content (AvgIpc) is 3.02. The van der Waals surface area contributed by atoms with E-state index in [1.54, 1.807) is 66.9 Å². The van der Waals surface area contributed by atoms with Crippen LogP contribution in [0, 0.1) is 0 Å². The maximum Gasteiger partial charge on any atom is 0.259 e. The van der Waals surface area contributed by atoms with Crippen LogP contribution in [0.15, 0.2) is 96.1 Å². The SMILES string of the molecule is O=C(Cn1c(-c2ccccc2)ncc(CO)c1=O)NC(Cc1ccccc1)C(=O)C(=O)CCCCOc1ccccn1. The van der Waals surface area contributed by atoms with Crippen molar-refractivity contribution >= 4 is 17.5 Å². The number of benzene rings is 2. The van der Waals surface area contributed by atoms with Gasteiger partial charge < -0.3 is 15.2 Å². The molecule has 0 radical (unpaired) electrons. The summed E-state index contributed by atoms with van der Waals surface area (Å²) in [5.41, 5.74) is 0.822. The van der Waals surface area contributed by atoms with E-state index in [1.807, 2.05) is 18.2 Å². The van der Waals surface area contributed by atoms with Crippen molar-refractivity contribution in [1.82, 2.24) is 19.9 Å². The smallest absolute Gasteiger partial charge is 0.259 e. The van der Waals surface area contributed by atoms with Gasteiger partial charge in [-0.15, -0.1) is 0 Å². The van der Waals surface area contributed by atoms with Crippen LogP contribution in [0.1, 0.15) is 30.4 Å². The Kier molecular flexibility index (Phi) is 10.8. The standard InChI is InChI=1S/C32H32N4O6/c37-22-25-20-34-31(24-13-5-2-6-14-24)36(32(25)41)21-28(39)35-26(19-23-11-3-1-4-12-23)30(40)27(38)15-8-10-18-42-29-16-7-9-17-33-29/h1-7,9,11-14,16-17,20,26,37H,8,10,15,18-19,21-22H2,(H,35,39). The molecule has 10 heteroatoms. The van der Waals surface area contributed by atoms with Gasteiger partial charge in [0.2, 0.25) is 23.4 Å². The quantitative estimate of drug-likeness (QED) is 0.165. The van der Waals surface area contributed by atoms with E-state index in [1.165, 1.54) is 6.20 Å². The van der Waals surface area contributed by atoms with E-state index in [0.717, 1.165) is 10.1 Å². The molecule has 4 aromatic rings. The highest BCUT2D eigenvalue weighted by Crippen LogP contribution is 2.15. The van der Waals surface area contributed by atoms with Crippen molar-refractivity contribution in [1.29, 1.82) is 0 Å². The maximum atomic E-state index is 13.3. The summed E-state index contributed by atoms with van der Waals surface area (Å²) in [6.45, 7) is -0.650. The summed E-state index contributed by atoms with van der Waals surface area (Å²) in [6, 6.07) is 22.1. The summed E-state index contributed by atoms with van der Waals surface area (Å²) >= 11 is 0. The molecule has 10 nitrogen and oxygen atoms in total. The highest BCUT2D eigenvalue weighted by molar-refractivity contribution is 6.39. The van der Waals surface area contributed by atoms with Gasteiger partial charge in [-0.05, 0) is 24.5 Å². The number of ether oxygens (including phenoxy) is 1. The highest BCUT2D eigenvalue weighted by atomic mass is 16.5. The first-order valence-electron chi connectivity index (χ1n) is 13.7. The lowest BCUT2D eigenvalue weighted by Crippen LogP contribution is -2.47. The number of aliphatic hydroxyl groups is 1. The van der Waals surface area contributed by atoms with Crippen molar-refractivity contribution in [2.75, 3.05) is 6.61 Å². The minimum atomic E-state index is -1.12. The number of carbonyl (C=O) groups is 3. The van der Waals surface area contributed by atoms with Gasteiger partial charge >= 0.3 is 0 Å². The molecular formula is C32H32N4O6. The molecule has 0 aliphatic carbocycles. The van der Waals surface area contributed by atoms with Crippen LogP contribution in [0.3, 0.4) is 0 Å². The molecule has 1 amide bonds. The summed E-state index contributed by atoms with van der Waals surface area (Å²) in [5.74, 6) is -1.23. The maximum absolute atomic E-state index is 13.3. The van der Waals surface area contributed by atoms with Gasteiger partial charge in [0.15, 0.2) is 0 Å². The van der Waals surface area contributed by atoms with Crippen LogP contribution in [0.4, 0.5) is 0 Å². The average molecular weight is 569 g/mol. The van der Waals surface area contributed by atoms with Gasteiger partial charge in [-0.3, -0.25) is 23.7 Å². The number of aromatic nitrogens is 3. The molecule has 1 atom stereocenters. The van der Waals surface area contributed by atoms with E-state index in [9.17, 15) is 24.3 Å². The van der Waals surface area contributed by atoms with Crippen LogP contribution in [-0.2, 0) is 34.0 Å². The predicted molar refractivity (Wildman–Crippen MR) is 156 cm³/mol. The third-order valence-electron chi connectivity index (χ3n) is 6.52. The van der Waals surface area contributed by atoms with E-state index in [2.05, 4.69) is 15.3 Å². The molecule has 1 unspecified atom stereocenters. The van der Waals surface area contributed by atoms with Crippen LogP contribution in [0.25, 0.3) is 11.4 Å². The first kappa shape index (κ1) is 30.0. The Bertz CT molecular complexity index is 1540. The molecule has 0 spiro atoms. The minimum absolute atomic E-state index is 0.00561. The summed E-state index contributed by atoms with van der Waals surface area (Å²) in [6.07, 6.45) is 3.99. The molecule has 0 saturated carbocycles. The first-order chi connectivity index (χ1) is 20.5. The number of hydrogen-bond donors (Lipinski definition) is 2. The van der Waals surface area contributed by atoms with Gasteiger partial charge in [0, 0.05) is 36.9 Å². The van der Waals surface area contributed by atoms with Gasteiger partial charge in [-0.25, -0.2) is 9.97 Å². The summed E-state index contributed by atoms with van der Waals surface area (Å²) in [7, 11) is 0. The molecule has 4 rings (SSSR count). The first-order valence-corrected chi connectivity index (χ1v) is 13.7. The van der Waals surface area contributed by atoms with Crippen LogP contribution >= 0.6 is 0 Å². The molecule has 2 N–H and O–H groups in total. The van der Waals surface area contributed by atoms with Crippen molar-refractivity contribution < 1.29 is 24.2 Å². The Morgan fingerprint density at radius 3 is 2.31 bits per heavy atom. The lowest BCUT2D eigenvalue weighted by molar-refractivity contribution is -0.139. The van der Waals surface area contributed by atoms with Crippen LogP contribution in [0.2, 0.25) is 0 Å². The van der Waals surface area contributed by atoms with Gasteiger partial charge in [-0.2, -0.15) is 0 Å². The number of nitrogens with one attached hydrogen (secondary N) is 1. The number of nitrogens with zero attached hydrogens (tertiary/aromatic N) is 3. The summed E-state index contributed by atoms with van der Waals surface area (Å²) in [4.78, 5) is 60.8. The normalized spacial score (nSPS) is 11.5. The largest absolute Gasteiger partial charge is 0.478 e. The van der Waals surface area contributed by atoms with Crippen LogP contribution < -0.4 is 15.6 Å². The third-order valence-corrected chi connectivity index (χ3v) is 6.52. The number of ketones is 2. The van der Waals surface area contributed by atoms with Gasteiger partial charge in [0.1, 0.15) is 12.4 Å². The molecule has 0 saturated heterocycles. The second kappa shape index (κ2) is 15.2. The van der Waals surface area contributed by atoms with E-state index in [4.69, 9.17) is 4.74 Å². The van der Waals surface area contributed by atoms with Gasteiger partial charge in [0.05, 0.1) is 24.8 Å². The second-order valence-electron chi connectivity index (χ2n) is 9.59. The fraction of sp³-hybridized carbons (Fsp3) is 0.250. The fourth-order valence-electron chi connectivity index (χ4n) is 4.36. The monoisotopic (exact) mass is 568 g/mol. The molecule has 2 aromatic carbocycles.